The van der Waals surface area contributed by atoms with Crippen LogP contribution in [0.15, 0.2) is 39.9 Å². The summed E-state index contributed by atoms with van der Waals surface area (Å²) in [5, 5.41) is 1.17. The summed E-state index contributed by atoms with van der Waals surface area (Å²) in [6.07, 6.45) is 3.86. The molecule has 0 unspecified atom stereocenters. The van der Waals surface area contributed by atoms with Gasteiger partial charge >= 0.3 is 5.69 Å². The lowest BCUT2D eigenvalue weighted by molar-refractivity contribution is 0.604. The number of nitrogens with zero attached hydrogens (tertiary/aromatic N) is 5. The van der Waals surface area contributed by atoms with Crippen molar-refractivity contribution in [1.82, 2.24) is 23.3 Å². The zero-order chi connectivity index (χ0) is 20.0. The SMILES string of the molecule is CCn1c(=O)c2c(nc(/C=C/c3cc4ccccc4n3C)n2C)n(CC)c1=O. The third-order valence-electron chi connectivity index (χ3n) is 5.30. The summed E-state index contributed by atoms with van der Waals surface area (Å²) in [7, 11) is 3.83. The maximum Gasteiger partial charge on any atom is 0.332 e. The highest BCUT2D eigenvalue weighted by molar-refractivity contribution is 5.85. The quantitative estimate of drug-likeness (QED) is 0.549. The predicted octanol–water partition coefficient (Wildman–Crippen LogP) is 2.60. The highest BCUT2D eigenvalue weighted by Crippen LogP contribution is 2.20. The number of hydrogen-bond acceptors (Lipinski definition) is 3. The molecule has 7 nitrogen and oxygen atoms in total. The third kappa shape index (κ3) is 2.54. The van der Waals surface area contributed by atoms with Crippen molar-refractivity contribution in [1.29, 1.82) is 0 Å². The first-order valence-corrected chi connectivity index (χ1v) is 9.40. The summed E-state index contributed by atoms with van der Waals surface area (Å²) in [5.74, 6) is 0.632. The molecule has 0 saturated carbocycles. The van der Waals surface area contributed by atoms with Gasteiger partial charge in [-0.15, -0.1) is 0 Å². The Morgan fingerprint density at radius 1 is 0.964 bits per heavy atom. The van der Waals surface area contributed by atoms with Crippen LogP contribution < -0.4 is 11.2 Å². The van der Waals surface area contributed by atoms with Gasteiger partial charge in [0.05, 0.1) is 0 Å². The largest absolute Gasteiger partial charge is 0.344 e. The summed E-state index contributed by atoms with van der Waals surface area (Å²) in [4.78, 5) is 29.9. The molecule has 3 heterocycles. The number of aromatic nitrogens is 5. The molecule has 0 saturated heterocycles. The van der Waals surface area contributed by atoms with Crippen LogP contribution >= 0.6 is 0 Å². The van der Waals surface area contributed by atoms with Crippen LogP contribution in [0.2, 0.25) is 0 Å². The Bertz CT molecular complexity index is 1350. The highest BCUT2D eigenvalue weighted by atomic mass is 16.2. The molecule has 0 aliphatic carbocycles. The Morgan fingerprint density at radius 2 is 1.68 bits per heavy atom. The van der Waals surface area contributed by atoms with Crippen molar-refractivity contribution >= 4 is 34.2 Å². The molecular weight excluding hydrogens is 354 g/mol. The van der Waals surface area contributed by atoms with Gasteiger partial charge in [0.1, 0.15) is 5.82 Å². The molecule has 0 radical (unpaired) electrons. The Hall–Kier alpha value is -3.35. The zero-order valence-corrected chi connectivity index (χ0v) is 16.5. The smallest absolute Gasteiger partial charge is 0.332 e. The van der Waals surface area contributed by atoms with Crippen molar-refractivity contribution in [3.05, 3.63) is 62.7 Å². The van der Waals surface area contributed by atoms with E-state index >= 15 is 0 Å². The molecule has 0 aliphatic rings. The Morgan fingerprint density at radius 3 is 2.36 bits per heavy atom. The fourth-order valence-corrected chi connectivity index (χ4v) is 3.72. The number of para-hydroxylation sites is 1. The average Bonchev–Trinajstić information content (AvgIpc) is 3.18. The van der Waals surface area contributed by atoms with E-state index < -0.39 is 0 Å². The number of aryl methyl sites for hydroxylation is 3. The van der Waals surface area contributed by atoms with Crippen molar-refractivity contribution in [2.45, 2.75) is 26.9 Å². The van der Waals surface area contributed by atoms with Gasteiger partial charge in [0, 0.05) is 43.8 Å². The second-order valence-corrected chi connectivity index (χ2v) is 6.80. The first kappa shape index (κ1) is 18.0. The minimum Gasteiger partial charge on any atom is -0.344 e. The molecule has 4 rings (SSSR count). The van der Waals surface area contributed by atoms with E-state index in [2.05, 4.69) is 27.8 Å². The summed E-state index contributed by atoms with van der Waals surface area (Å²) >= 11 is 0. The Balaban J connectivity index is 1.90. The molecule has 0 atom stereocenters. The molecule has 0 spiro atoms. The van der Waals surface area contributed by atoms with Gasteiger partial charge in [-0.05, 0) is 38.1 Å². The third-order valence-corrected chi connectivity index (χ3v) is 5.30. The molecule has 7 heteroatoms. The molecular formula is C21H23N5O2. The molecule has 0 N–H and O–H groups in total. The highest BCUT2D eigenvalue weighted by Gasteiger charge is 2.17. The Kier molecular flexibility index (Phi) is 4.30. The van der Waals surface area contributed by atoms with E-state index in [1.807, 2.05) is 45.3 Å². The standard InChI is InChI=1S/C21H23N5O2/c1-5-25-19-18(20(27)26(6-2)21(25)28)24(4)17(22-19)12-11-15-13-14-9-7-8-10-16(14)23(15)3/h7-13H,5-6H2,1-4H3/b12-11+. The lowest BCUT2D eigenvalue weighted by Gasteiger charge is -2.08. The fraction of sp³-hybridized carbons (Fsp3) is 0.286. The molecule has 3 aromatic heterocycles. The minimum absolute atomic E-state index is 0.300. The van der Waals surface area contributed by atoms with Gasteiger partial charge in [-0.2, -0.15) is 0 Å². The summed E-state index contributed by atoms with van der Waals surface area (Å²) in [6.45, 7) is 4.47. The van der Waals surface area contributed by atoms with Crippen LogP contribution in [0.5, 0.6) is 0 Å². The molecule has 4 aromatic rings. The molecule has 0 amide bonds. The fourth-order valence-electron chi connectivity index (χ4n) is 3.72. The Labute approximate surface area is 161 Å². The van der Waals surface area contributed by atoms with E-state index in [4.69, 9.17) is 0 Å². The lowest BCUT2D eigenvalue weighted by atomic mass is 10.2. The first-order chi connectivity index (χ1) is 13.5. The zero-order valence-electron chi connectivity index (χ0n) is 16.5. The van der Waals surface area contributed by atoms with E-state index in [0.717, 1.165) is 11.2 Å². The minimum atomic E-state index is -0.315. The maximum atomic E-state index is 12.8. The molecule has 144 valence electrons. The lowest BCUT2D eigenvalue weighted by Crippen LogP contribution is -2.39. The van der Waals surface area contributed by atoms with Crippen molar-refractivity contribution in [3.8, 4) is 0 Å². The summed E-state index contributed by atoms with van der Waals surface area (Å²) in [6, 6.07) is 10.3. The van der Waals surface area contributed by atoms with E-state index in [1.54, 1.807) is 16.1 Å². The second kappa shape index (κ2) is 6.67. The predicted molar refractivity (Wildman–Crippen MR) is 112 cm³/mol. The van der Waals surface area contributed by atoms with Gasteiger partial charge in [0.15, 0.2) is 11.2 Å². The van der Waals surface area contributed by atoms with Gasteiger partial charge in [-0.1, -0.05) is 18.2 Å². The number of rotatable bonds is 4. The van der Waals surface area contributed by atoms with Crippen molar-refractivity contribution in [2.75, 3.05) is 0 Å². The summed E-state index contributed by atoms with van der Waals surface area (Å²) < 4.78 is 6.68. The van der Waals surface area contributed by atoms with Crippen LogP contribution in [0.1, 0.15) is 25.4 Å². The number of fused-ring (bicyclic) bond motifs is 2. The second-order valence-electron chi connectivity index (χ2n) is 6.80. The van der Waals surface area contributed by atoms with E-state index in [1.165, 1.54) is 9.95 Å². The molecule has 0 fully saturated rings. The number of benzene rings is 1. The van der Waals surface area contributed by atoms with Crippen LogP contribution in [0, 0.1) is 0 Å². The normalized spacial score (nSPS) is 12.0. The molecule has 1 aromatic carbocycles. The van der Waals surface area contributed by atoms with E-state index in [9.17, 15) is 9.59 Å². The number of hydrogen-bond donors (Lipinski definition) is 0. The molecule has 0 bridgehead atoms. The topological polar surface area (TPSA) is 66.8 Å². The maximum absolute atomic E-state index is 12.8. The van der Waals surface area contributed by atoms with Crippen LogP contribution in [-0.2, 0) is 27.2 Å². The van der Waals surface area contributed by atoms with Gasteiger partial charge in [0.25, 0.3) is 5.56 Å². The summed E-state index contributed by atoms with van der Waals surface area (Å²) in [5.41, 5.74) is 2.45. The van der Waals surface area contributed by atoms with E-state index in [-0.39, 0.29) is 11.2 Å². The number of imidazole rings is 1. The van der Waals surface area contributed by atoms with Crippen LogP contribution in [0.25, 0.3) is 34.2 Å². The molecule has 0 aliphatic heterocycles. The van der Waals surface area contributed by atoms with Crippen LogP contribution in [0.3, 0.4) is 0 Å². The first-order valence-electron chi connectivity index (χ1n) is 9.40. The van der Waals surface area contributed by atoms with Crippen molar-refractivity contribution in [2.24, 2.45) is 14.1 Å². The molecule has 28 heavy (non-hydrogen) atoms. The van der Waals surface area contributed by atoms with Gasteiger partial charge < -0.3 is 9.13 Å². The van der Waals surface area contributed by atoms with Crippen molar-refractivity contribution < 1.29 is 0 Å². The van der Waals surface area contributed by atoms with Crippen LogP contribution in [0.4, 0.5) is 0 Å². The monoisotopic (exact) mass is 377 g/mol. The van der Waals surface area contributed by atoms with Gasteiger partial charge in [-0.25, -0.2) is 9.78 Å². The average molecular weight is 377 g/mol. The van der Waals surface area contributed by atoms with E-state index in [0.29, 0.717) is 30.1 Å². The van der Waals surface area contributed by atoms with Gasteiger partial charge in [-0.3, -0.25) is 13.9 Å². The van der Waals surface area contributed by atoms with Crippen LogP contribution in [-0.4, -0.2) is 23.3 Å². The van der Waals surface area contributed by atoms with Crippen molar-refractivity contribution in [3.63, 3.8) is 0 Å². The van der Waals surface area contributed by atoms with Gasteiger partial charge in [0.2, 0.25) is 0 Å².